The van der Waals surface area contributed by atoms with Crippen LogP contribution in [0.5, 0.6) is 0 Å². The minimum absolute atomic E-state index is 0.0135. The third kappa shape index (κ3) is 2.70. The van der Waals surface area contributed by atoms with Crippen molar-refractivity contribution in [1.82, 2.24) is 0 Å². The van der Waals surface area contributed by atoms with Gasteiger partial charge in [-0.05, 0) is 24.1 Å². The number of primary amides is 1. The van der Waals surface area contributed by atoms with E-state index in [9.17, 15) is 14.2 Å². The van der Waals surface area contributed by atoms with Gasteiger partial charge in [-0.3, -0.25) is 4.79 Å². The van der Waals surface area contributed by atoms with Crippen LogP contribution in [0.1, 0.15) is 16.4 Å². The van der Waals surface area contributed by atoms with Gasteiger partial charge >= 0.3 is 0 Å². The van der Waals surface area contributed by atoms with Crippen LogP contribution in [0, 0.1) is 12.1 Å². The number of aryl methyl sites for hydroxylation is 1. The summed E-state index contributed by atoms with van der Waals surface area (Å²) < 4.78 is 13.0. The van der Waals surface area contributed by atoms with Gasteiger partial charge in [-0.15, -0.1) is 0 Å². The van der Waals surface area contributed by atoms with Crippen molar-refractivity contribution < 1.29 is 13.7 Å². The Labute approximate surface area is 119 Å². The quantitative estimate of drug-likeness (QED) is 0.672. The van der Waals surface area contributed by atoms with Crippen molar-refractivity contribution in [3.63, 3.8) is 0 Å². The first-order valence-electron chi connectivity index (χ1n) is 5.96. The number of nitrogens with two attached hydrogens (primary N) is 1. The van der Waals surface area contributed by atoms with E-state index in [0.29, 0.717) is 10.3 Å². The SMILES string of the molecule is Cc1ccccc1C(C(N)=O)S(=O)c1cccc[n+]1[O-]. The Morgan fingerprint density at radius 2 is 1.90 bits per heavy atom. The molecule has 104 valence electrons. The lowest BCUT2D eigenvalue weighted by Gasteiger charge is -2.15. The number of nitrogens with zero attached hydrogens (tertiary/aromatic N) is 1. The number of aromatic nitrogens is 1. The van der Waals surface area contributed by atoms with E-state index in [1.807, 2.05) is 6.07 Å². The van der Waals surface area contributed by atoms with Crippen molar-refractivity contribution in [1.29, 1.82) is 0 Å². The lowest BCUT2D eigenvalue weighted by molar-refractivity contribution is -0.646. The zero-order valence-electron chi connectivity index (χ0n) is 10.9. The maximum absolute atomic E-state index is 12.5. The van der Waals surface area contributed by atoms with Gasteiger partial charge in [0.15, 0.2) is 6.20 Å². The van der Waals surface area contributed by atoms with Crippen molar-refractivity contribution in [2.45, 2.75) is 17.2 Å². The van der Waals surface area contributed by atoms with E-state index < -0.39 is 22.0 Å². The van der Waals surface area contributed by atoms with Gasteiger partial charge < -0.3 is 10.9 Å². The number of pyridine rings is 1. The molecule has 0 spiro atoms. The fourth-order valence-corrected chi connectivity index (χ4v) is 3.34. The maximum Gasteiger partial charge on any atom is 0.282 e. The molecule has 0 bridgehead atoms. The summed E-state index contributed by atoms with van der Waals surface area (Å²) in [5, 5.41) is 10.6. The Morgan fingerprint density at radius 3 is 2.50 bits per heavy atom. The first-order chi connectivity index (χ1) is 9.52. The standard InChI is InChI=1S/C14H14N2O3S/c1-10-6-2-3-7-11(10)13(14(15)17)20(19)12-8-4-5-9-16(12)18/h2-9,13H,1H3,(H2,15,17). The van der Waals surface area contributed by atoms with Crippen molar-refractivity contribution in [2.24, 2.45) is 5.73 Å². The topological polar surface area (TPSA) is 87.1 Å². The van der Waals surface area contributed by atoms with E-state index >= 15 is 0 Å². The van der Waals surface area contributed by atoms with Crippen LogP contribution in [-0.4, -0.2) is 10.1 Å². The molecule has 0 aliphatic carbocycles. The number of benzene rings is 1. The number of hydrogen-bond donors (Lipinski definition) is 1. The molecule has 20 heavy (non-hydrogen) atoms. The summed E-state index contributed by atoms with van der Waals surface area (Å²) >= 11 is 0. The Kier molecular flexibility index (Phi) is 4.14. The summed E-state index contributed by atoms with van der Waals surface area (Å²) in [4.78, 5) is 11.7. The van der Waals surface area contributed by atoms with E-state index in [4.69, 9.17) is 5.73 Å². The molecular weight excluding hydrogens is 276 g/mol. The van der Waals surface area contributed by atoms with Crippen molar-refractivity contribution in [3.8, 4) is 0 Å². The Hall–Kier alpha value is -2.21. The zero-order chi connectivity index (χ0) is 14.7. The summed E-state index contributed by atoms with van der Waals surface area (Å²) in [6.45, 7) is 1.80. The first-order valence-corrected chi connectivity index (χ1v) is 7.17. The fourth-order valence-electron chi connectivity index (χ4n) is 1.94. The van der Waals surface area contributed by atoms with Crippen LogP contribution in [0.25, 0.3) is 0 Å². The predicted octanol–water partition coefficient (Wildman–Crippen LogP) is 0.963. The van der Waals surface area contributed by atoms with Gasteiger partial charge in [0, 0.05) is 12.1 Å². The van der Waals surface area contributed by atoms with Gasteiger partial charge in [0.05, 0.1) is 0 Å². The molecule has 2 aromatic rings. The number of hydrogen-bond acceptors (Lipinski definition) is 3. The van der Waals surface area contributed by atoms with Gasteiger partial charge in [-0.2, -0.15) is 4.73 Å². The van der Waals surface area contributed by atoms with Gasteiger partial charge in [0.2, 0.25) is 5.91 Å². The third-order valence-corrected chi connectivity index (χ3v) is 4.58. The summed E-state index contributed by atoms with van der Waals surface area (Å²) in [5.41, 5.74) is 6.76. The highest BCUT2D eigenvalue weighted by Crippen LogP contribution is 2.26. The lowest BCUT2D eigenvalue weighted by Crippen LogP contribution is -2.35. The molecular formula is C14H14N2O3S. The average molecular weight is 290 g/mol. The van der Waals surface area contributed by atoms with Crippen molar-refractivity contribution in [3.05, 3.63) is 65.0 Å². The van der Waals surface area contributed by atoms with Crippen LogP contribution in [0.3, 0.4) is 0 Å². The van der Waals surface area contributed by atoms with E-state index in [-0.39, 0.29) is 5.03 Å². The molecule has 6 heteroatoms. The second-order valence-corrected chi connectivity index (χ2v) is 5.79. The Balaban J connectivity index is 2.51. The molecule has 2 rings (SSSR count). The number of amides is 1. The second-order valence-electron chi connectivity index (χ2n) is 4.30. The molecule has 2 unspecified atom stereocenters. The highest BCUT2D eigenvalue weighted by Gasteiger charge is 2.31. The van der Waals surface area contributed by atoms with Crippen LogP contribution < -0.4 is 10.5 Å². The van der Waals surface area contributed by atoms with E-state index in [1.54, 1.807) is 31.2 Å². The third-order valence-electron chi connectivity index (χ3n) is 2.94. The minimum atomic E-state index is -1.85. The molecule has 1 aromatic carbocycles. The molecule has 0 radical (unpaired) electrons. The lowest BCUT2D eigenvalue weighted by atomic mass is 10.1. The summed E-state index contributed by atoms with van der Waals surface area (Å²) in [7, 11) is -1.85. The Bertz CT molecular complexity index is 673. The largest absolute Gasteiger partial charge is 0.618 e. The Morgan fingerprint density at radius 1 is 1.25 bits per heavy atom. The molecule has 0 aliphatic rings. The van der Waals surface area contributed by atoms with Crippen LogP contribution in [-0.2, 0) is 15.6 Å². The molecule has 2 atom stereocenters. The summed E-state index contributed by atoms with van der Waals surface area (Å²) in [6, 6.07) is 11.6. The second kappa shape index (κ2) is 5.83. The number of carbonyl (C=O) groups excluding carboxylic acids is 1. The molecule has 1 amide bonds. The molecule has 5 nitrogen and oxygen atoms in total. The molecule has 0 saturated carbocycles. The normalized spacial score (nSPS) is 13.7. The van der Waals surface area contributed by atoms with Crippen molar-refractivity contribution in [2.75, 3.05) is 0 Å². The fraction of sp³-hybridized carbons (Fsp3) is 0.143. The van der Waals surface area contributed by atoms with Crippen LogP contribution in [0.4, 0.5) is 0 Å². The smallest absolute Gasteiger partial charge is 0.282 e. The van der Waals surface area contributed by atoms with Crippen LogP contribution in [0.2, 0.25) is 0 Å². The van der Waals surface area contributed by atoms with Crippen LogP contribution in [0.15, 0.2) is 53.7 Å². The number of carbonyl (C=O) groups is 1. The monoisotopic (exact) mass is 290 g/mol. The maximum atomic E-state index is 12.5. The van der Waals surface area contributed by atoms with Crippen LogP contribution >= 0.6 is 0 Å². The predicted molar refractivity (Wildman–Crippen MR) is 74.9 cm³/mol. The van der Waals surface area contributed by atoms with Crippen molar-refractivity contribution >= 4 is 16.7 Å². The molecule has 0 aliphatic heterocycles. The summed E-state index contributed by atoms with van der Waals surface area (Å²) in [5.74, 6) is -0.721. The highest BCUT2D eigenvalue weighted by atomic mass is 32.2. The molecule has 0 saturated heterocycles. The molecule has 2 N–H and O–H groups in total. The van der Waals surface area contributed by atoms with Gasteiger partial charge in [-0.25, -0.2) is 4.21 Å². The first kappa shape index (κ1) is 14.2. The molecule has 1 aromatic heterocycles. The summed E-state index contributed by atoms with van der Waals surface area (Å²) in [6.07, 6.45) is 1.24. The number of rotatable bonds is 4. The van der Waals surface area contributed by atoms with Gasteiger partial charge in [-0.1, -0.05) is 24.3 Å². The highest BCUT2D eigenvalue weighted by molar-refractivity contribution is 7.85. The molecule has 0 fully saturated rings. The van der Waals surface area contributed by atoms with E-state index in [1.165, 1.54) is 18.3 Å². The average Bonchev–Trinajstić information content (AvgIpc) is 2.41. The van der Waals surface area contributed by atoms with Gasteiger partial charge in [0.1, 0.15) is 16.0 Å². The van der Waals surface area contributed by atoms with Gasteiger partial charge in [0.25, 0.3) is 5.03 Å². The molecule has 1 heterocycles. The minimum Gasteiger partial charge on any atom is -0.618 e. The van der Waals surface area contributed by atoms with E-state index in [2.05, 4.69) is 0 Å². The zero-order valence-corrected chi connectivity index (χ0v) is 11.7. The van der Waals surface area contributed by atoms with E-state index in [0.717, 1.165) is 5.56 Å².